The molecule has 1 heterocycles. The Morgan fingerprint density at radius 1 is 0.500 bits per heavy atom. The maximum Gasteiger partial charge on any atom is 0.143 e. The summed E-state index contributed by atoms with van der Waals surface area (Å²) in [5.41, 5.74) is 24.7. The average molecular weight is 1280 g/mol. The molecule has 0 radical (unpaired) electrons. The molecule has 1 aliphatic heterocycles. The molecule has 14 heteroatoms. The lowest BCUT2D eigenvalue weighted by molar-refractivity contribution is -0.435. The maximum atomic E-state index is 11.8. The topological polar surface area (TPSA) is 182 Å². The molecule has 1 saturated heterocycles. The lowest BCUT2D eigenvalue weighted by Gasteiger charge is -2.43. The highest BCUT2D eigenvalue weighted by atomic mass is 35.5. The van der Waals surface area contributed by atoms with E-state index in [2.05, 4.69) is 187 Å². The number of hydrogen-bond acceptors (Lipinski definition) is 12. The number of rotatable bonds is 8. The van der Waals surface area contributed by atoms with E-state index < -0.39 is 0 Å². The summed E-state index contributed by atoms with van der Waals surface area (Å²) in [7, 11) is 6.76. The number of aromatic hydroxyl groups is 1. The molecule has 7 aromatic carbocycles. The third kappa shape index (κ3) is 14.9. The van der Waals surface area contributed by atoms with E-state index in [9.17, 15) is 9.90 Å². The summed E-state index contributed by atoms with van der Waals surface area (Å²) in [4.78, 5) is 14.4. The van der Waals surface area contributed by atoms with Crippen LogP contribution < -0.4 is 48.1 Å². The van der Waals surface area contributed by atoms with Crippen LogP contribution in [0.25, 0.3) is 0 Å². The van der Waals surface area contributed by atoms with Crippen LogP contribution in [0.1, 0.15) is 138 Å². The molecule has 480 valence electrons. The van der Waals surface area contributed by atoms with Crippen molar-refractivity contribution in [2.24, 2.45) is 10.9 Å². The normalized spacial score (nSPS) is 22.9. The van der Waals surface area contributed by atoms with Gasteiger partial charge in [0.15, 0.2) is 0 Å². The van der Waals surface area contributed by atoms with Crippen LogP contribution in [-0.4, -0.2) is 84.9 Å². The number of oxime groups is 1. The van der Waals surface area contributed by atoms with Gasteiger partial charge in [-0.1, -0.05) is 127 Å². The van der Waals surface area contributed by atoms with Crippen molar-refractivity contribution in [1.29, 1.82) is 0 Å². The number of ketones is 1. The molecule has 13 rings (SSSR count). The molecule has 4 unspecified atom stereocenters. The van der Waals surface area contributed by atoms with Crippen molar-refractivity contribution in [3.8, 4) is 28.7 Å². The molecular weight excluding hydrogens is 1180 g/mol. The third-order valence-corrected chi connectivity index (χ3v) is 22.6. The number of benzene rings is 7. The Labute approximate surface area is 550 Å². The van der Waals surface area contributed by atoms with E-state index >= 15 is 0 Å². The highest BCUT2D eigenvalue weighted by Crippen LogP contribution is 2.47. The van der Waals surface area contributed by atoms with Crippen LogP contribution in [0, 0.1) is 0 Å². The molecule has 11 nitrogen and oxygen atoms in total. The predicted molar refractivity (Wildman–Crippen MR) is 365 cm³/mol. The molecule has 90 heavy (non-hydrogen) atoms. The van der Waals surface area contributed by atoms with Crippen molar-refractivity contribution in [3.05, 3.63) is 207 Å². The monoisotopic (exact) mass is 1270 g/mol. The molecule has 6 aliphatic rings. The lowest BCUT2D eigenvalue weighted by atomic mass is 9.69. The highest BCUT2D eigenvalue weighted by Gasteiger charge is 2.52. The van der Waals surface area contributed by atoms with E-state index in [1.165, 1.54) is 66.3 Å². The summed E-state index contributed by atoms with van der Waals surface area (Å²) in [6, 6.07) is 53.7. The van der Waals surface area contributed by atoms with Crippen LogP contribution in [0.15, 0.2) is 167 Å². The first kappa shape index (κ1) is 69.4. The Hall–Kier alpha value is -6.45. The van der Waals surface area contributed by atoms with Gasteiger partial charge in [0.2, 0.25) is 0 Å². The van der Waals surface area contributed by atoms with E-state index in [1.807, 2.05) is 67.7 Å². The van der Waals surface area contributed by atoms with Crippen LogP contribution in [-0.2, 0) is 64.0 Å². The van der Waals surface area contributed by atoms with E-state index in [1.54, 1.807) is 34.5 Å². The molecule has 8 N–H and O–H groups in total. The Kier molecular flexibility index (Phi) is 22.1. The second-order valence-electron chi connectivity index (χ2n) is 27.3. The number of Topliss-reactive ketones (excluding diaryl/α,β-unsaturated/α-hetero) is 1. The Balaban J connectivity index is 0.000000146. The fourth-order valence-electron chi connectivity index (χ4n) is 13.9. The number of ether oxygens (including phenoxy) is 4. The number of thioether (sulfide) groups is 2. The van der Waals surface area contributed by atoms with Gasteiger partial charge in [-0.25, -0.2) is 0 Å². The van der Waals surface area contributed by atoms with Crippen molar-refractivity contribution in [3.63, 3.8) is 0 Å². The van der Waals surface area contributed by atoms with Gasteiger partial charge in [0.25, 0.3) is 0 Å². The molecule has 0 bridgehead atoms. The van der Waals surface area contributed by atoms with Crippen molar-refractivity contribution in [2.45, 2.75) is 186 Å². The van der Waals surface area contributed by atoms with Gasteiger partial charge < -0.3 is 58.5 Å². The zero-order valence-electron chi connectivity index (χ0n) is 55.2. The number of methoxy groups -OCH3 is 4. The van der Waals surface area contributed by atoms with Crippen molar-refractivity contribution in [2.75, 3.05) is 28.4 Å². The summed E-state index contributed by atoms with van der Waals surface area (Å²) < 4.78 is 21.1. The van der Waals surface area contributed by atoms with E-state index in [-0.39, 0.29) is 45.5 Å². The van der Waals surface area contributed by atoms with E-state index in [4.69, 9.17) is 29.9 Å². The van der Waals surface area contributed by atoms with Crippen LogP contribution >= 0.6 is 23.5 Å². The van der Waals surface area contributed by atoms with Gasteiger partial charge in [0.1, 0.15) is 40.6 Å². The molecule has 5 aliphatic carbocycles. The number of aryl methyl sites for hydroxylation is 2. The summed E-state index contributed by atoms with van der Waals surface area (Å²) in [6.45, 7) is 21.8. The van der Waals surface area contributed by atoms with Gasteiger partial charge in [-0.3, -0.25) is 4.79 Å². The molecule has 6 atom stereocenters. The standard InChI is InChI=1S/C19H23NOS.C18H21NOS.C13H17NO2.C13H17NO.C13H16O2.ClH/c1-19(2)16-12-14(21-3)10-9-13(16)11-17(18(19)20)22-15-7-5-4-6-8-15;1-18(2)15-11-13(20)9-8-12(15)10-16(17(18)19)21-14-6-4-3-5-7-14;1-13(2)11-8-10(16-3)6-4-9(11)5-7-12(13)14-15;1-13(2)10-7-9(15-3)5-4-8(10)6-11-12(13)14-11;1-13(2)11-8-10(15-3)6-4-9(11)5-7-12(13)14;/h4-10,12,17-18H,11,20H2,1-3H3;3-9,11,16-17,20H,10,19H2,1-2H3;4,6,8,15H,5,7H2,1-3H3;4-5,7,11-12,14H,6H2,1-3H3;4,6,8H,5,7H2,1-3H3;1H/t17-,18+;;;;;/m0...../s1. The minimum absolute atomic E-state index is 0. The highest BCUT2D eigenvalue weighted by molar-refractivity contribution is 8.00. The smallest absolute Gasteiger partial charge is 0.143 e. The predicted octanol–water partition coefficient (Wildman–Crippen LogP) is 11.1. The number of phenolic OH excluding ortho intramolecular Hbond substituents is 1. The number of nitrogens with zero attached hydrogens (tertiary/aromatic N) is 1. The molecule has 1 fully saturated rings. The number of carbonyl (C=O) groups is 1. The number of halogens is 1. The average Bonchev–Trinajstić information content (AvgIpc) is 1.56. The van der Waals surface area contributed by atoms with Gasteiger partial charge in [-0.15, -0.1) is 23.5 Å². The minimum Gasteiger partial charge on any atom is -1.00 e. The van der Waals surface area contributed by atoms with Crippen molar-refractivity contribution in [1.82, 2.24) is 5.32 Å². The molecule has 0 spiro atoms. The SMILES string of the molecule is CC1(C)c2cc(O)ccc2CC(Sc2ccccc2)C1[NH3+].COc1ccc2c(c1)C(C)(C)C(=NO)CC2.COc1ccc2c(c1)C(C)(C)C(=O)CC2.COc1ccc2c(c1)C(C)(C)C1NC1C2.COc1ccc2c(c1)C(C)(C)[C@H](N)[C@@H](Sc1ccccc1)C2.[Cl-]. The first-order valence-corrected chi connectivity index (χ1v) is 33.1. The third-order valence-electron chi connectivity index (χ3n) is 20.0. The van der Waals surface area contributed by atoms with Crippen molar-refractivity contribution >= 4 is 35.0 Å². The second-order valence-corrected chi connectivity index (χ2v) is 29.9. The first-order chi connectivity index (χ1) is 42.3. The van der Waals surface area contributed by atoms with Gasteiger partial charge in [-0.2, -0.15) is 0 Å². The Bertz CT molecular complexity index is 3650. The van der Waals surface area contributed by atoms with Crippen LogP contribution in [0.4, 0.5) is 0 Å². The van der Waals surface area contributed by atoms with Gasteiger partial charge in [0, 0.05) is 66.7 Å². The summed E-state index contributed by atoms with van der Waals surface area (Å²) in [6.07, 6.45) is 6.46. The molecule has 0 saturated carbocycles. The quantitative estimate of drug-likeness (QED) is 0.0555. The first-order valence-electron chi connectivity index (χ1n) is 31.3. The lowest BCUT2D eigenvalue weighted by Crippen LogP contribution is -3.00. The summed E-state index contributed by atoms with van der Waals surface area (Å²) >= 11 is 3.81. The fourth-order valence-corrected chi connectivity index (χ4v) is 16.7. The zero-order chi connectivity index (χ0) is 64.2. The van der Waals surface area contributed by atoms with Crippen LogP contribution in [0.2, 0.25) is 0 Å². The number of hydrogen-bond donors (Lipinski definition) is 5. The number of carbonyl (C=O) groups excluding carboxylic acids is 1. The molecule has 0 aromatic heterocycles. The zero-order valence-corrected chi connectivity index (χ0v) is 57.6. The van der Waals surface area contributed by atoms with Gasteiger partial charge in [-0.05, 0) is 193 Å². The van der Waals surface area contributed by atoms with Crippen LogP contribution in [0.3, 0.4) is 0 Å². The molecule has 7 aromatic rings. The summed E-state index contributed by atoms with van der Waals surface area (Å²) in [5, 5.41) is 26.7. The van der Waals surface area contributed by atoms with E-state index in [0.29, 0.717) is 46.6 Å². The molecule has 0 amide bonds. The van der Waals surface area contributed by atoms with Crippen LogP contribution in [0.5, 0.6) is 28.7 Å². The number of nitrogens with one attached hydrogen (secondary N) is 1. The fraction of sp³-hybridized carbons (Fsp3) is 0.421. The second kappa shape index (κ2) is 28.6. The summed E-state index contributed by atoms with van der Waals surface area (Å²) in [5.74, 6) is 4.24. The molecular formula is C76H95ClN4O7S2. The Morgan fingerprint density at radius 3 is 1.41 bits per heavy atom. The van der Waals surface area contributed by atoms with Crippen molar-refractivity contribution < 1.29 is 52.2 Å². The van der Waals surface area contributed by atoms with E-state index in [0.717, 1.165) is 66.4 Å². The minimum atomic E-state index is -0.359. The van der Waals surface area contributed by atoms with Gasteiger partial charge in [0.05, 0.1) is 39.4 Å². The Morgan fingerprint density at radius 2 is 0.911 bits per heavy atom. The maximum absolute atomic E-state index is 11.8. The number of phenols is 1. The number of nitrogens with two attached hydrogens (primary N) is 1. The van der Waals surface area contributed by atoms with Gasteiger partial charge >= 0.3 is 0 Å². The number of fused-ring (bicyclic) bond motifs is 6. The number of quaternary nitrogens is 1. The largest absolute Gasteiger partial charge is 1.00 e.